The molecule has 1 heterocycles. The van der Waals surface area contributed by atoms with Crippen LogP contribution in [0.2, 0.25) is 0 Å². The van der Waals surface area contributed by atoms with E-state index in [9.17, 15) is 14.4 Å². The maximum absolute atomic E-state index is 13.4. The number of allylic oxidation sites excluding steroid dienone is 2. The van der Waals surface area contributed by atoms with Gasteiger partial charge in [-0.05, 0) is 54.4 Å². The second kappa shape index (κ2) is 6.54. The molecule has 0 aromatic heterocycles. The molecule has 0 spiro atoms. The van der Waals surface area contributed by atoms with Crippen molar-refractivity contribution in [2.45, 2.75) is 6.42 Å². The van der Waals surface area contributed by atoms with Crippen molar-refractivity contribution in [3.63, 3.8) is 0 Å². The largest absolute Gasteiger partial charge is 0.497 e. The second-order valence-electron chi connectivity index (χ2n) is 8.87. The number of carbonyl (C=O) groups excluding carboxylic acids is 3. The molecule has 6 nitrogen and oxygen atoms in total. The number of methoxy groups -OCH3 is 1. The van der Waals surface area contributed by atoms with Crippen LogP contribution in [0, 0.1) is 35.5 Å². The van der Waals surface area contributed by atoms with Crippen LogP contribution in [0.25, 0.3) is 0 Å². The van der Waals surface area contributed by atoms with Gasteiger partial charge in [0.15, 0.2) is 0 Å². The minimum absolute atomic E-state index is 0.152. The number of imide groups is 1. The summed E-state index contributed by atoms with van der Waals surface area (Å²) in [6, 6.07) is 13.9. The number of benzene rings is 2. The molecule has 0 radical (unpaired) electrons. The highest BCUT2D eigenvalue weighted by Gasteiger charge is 2.67. The van der Waals surface area contributed by atoms with Crippen LogP contribution in [0.1, 0.15) is 16.8 Å². The maximum Gasteiger partial charge on any atom is 0.257 e. The third-order valence-corrected chi connectivity index (χ3v) is 7.38. The quantitative estimate of drug-likeness (QED) is 0.614. The van der Waals surface area contributed by atoms with Gasteiger partial charge < -0.3 is 10.1 Å². The highest BCUT2D eigenvalue weighted by atomic mass is 16.5. The van der Waals surface area contributed by atoms with E-state index in [0.29, 0.717) is 34.5 Å². The van der Waals surface area contributed by atoms with Gasteiger partial charge in [0.05, 0.1) is 30.2 Å². The Morgan fingerprint density at radius 1 is 0.968 bits per heavy atom. The van der Waals surface area contributed by atoms with E-state index in [2.05, 4.69) is 17.5 Å². The summed E-state index contributed by atoms with van der Waals surface area (Å²) in [4.78, 5) is 41.3. The van der Waals surface area contributed by atoms with Crippen molar-refractivity contribution in [2.24, 2.45) is 35.5 Å². The van der Waals surface area contributed by atoms with Crippen LogP contribution in [0.5, 0.6) is 5.75 Å². The Kier molecular flexibility index (Phi) is 3.88. The molecule has 5 aliphatic rings. The summed E-state index contributed by atoms with van der Waals surface area (Å²) in [6.07, 6.45) is 5.42. The number of nitrogens with zero attached hydrogens (tertiary/aromatic N) is 1. The van der Waals surface area contributed by atoms with E-state index in [1.165, 1.54) is 4.90 Å². The number of anilines is 2. The third-order valence-electron chi connectivity index (χ3n) is 7.38. The zero-order valence-electron chi connectivity index (χ0n) is 17.0. The van der Waals surface area contributed by atoms with Gasteiger partial charge in [0.1, 0.15) is 5.75 Å². The lowest BCUT2D eigenvalue weighted by atomic mass is 9.63. The van der Waals surface area contributed by atoms with Gasteiger partial charge in [-0.25, -0.2) is 4.90 Å². The first-order valence-electron chi connectivity index (χ1n) is 10.7. The summed E-state index contributed by atoms with van der Waals surface area (Å²) in [6.45, 7) is 0. The van der Waals surface area contributed by atoms with E-state index in [0.717, 1.165) is 6.42 Å². The lowest BCUT2D eigenvalue weighted by molar-refractivity contribution is -0.124. The van der Waals surface area contributed by atoms with Gasteiger partial charge in [0, 0.05) is 11.8 Å². The smallest absolute Gasteiger partial charge is 0.257 e. The van der Waals surface area contributed by atoms with Crippen LogP contribution < -0.4 is 15.0 Å². The normalized spacial score (nSPS) is 32.0. The fraction of sp³-hybridized carbons (Fsp3) is 0.320. The Balaban J connectivity index is 1.33. The number of rotatable bonds is 4. The molecule has 1 aliphatic heterocycles. The van der Waals surface area contributed by atoms with Crippen molar-refractivity contribution < 1.29 is 19.1 Å². The average molecular weight is 414 g/mol. The number of carbonyl (C=O) groups is 3. The van der Waals surface area contributed by atoms with Crippen LogP contribution in [0.3, 0.4) is 0 Å². The number of hydrogen-bond donors (Lipinski definition) is 1. The van der Waals surface area contributed by atoms with E-state index in [1.807, 2.05) is 0 Å². The van der Waals surface area contributed by atoms with Gasteiger partial charge in [0.25, 0.3) is 5.91 Å². The highest BCUT2D eigenvalue weighted by molar-refractivity contribution is 6.25. The number of para-hydroxylation sites is 1. The molecule has 3 fully saturated rings. The summed E-state index contributed by atoms with van der Waals surface area (Å²) >= 11 is 0. The predicted octanol–water partition coefficient (Wildman–Crippen LogP) is 3.51. The molecule has 1 N–H and O–H groups in total. The molecule has 31 heavy (non-hydrogen) atoms. The van der Waals surface area contributed by atoms with Crippen LogP contribution in [-0.4, -0.2) is 24.8 Å². The van der Waals surface area contributed by atoms with Gasteiger partial charge in [-0.2, -0.15) is 0 Å². The van der Waals surface area contributed by atoms with Crippen molar-refractivity contribution >= 4 is 29.1 Å². The Bertz CT molecular complexity index is 1120. The lowest BCUT2D eigenvalue weighted by Crippen LogP contribution is -2.40. The molecule has 1 saturated heterocycles. The number of ether oxygens (including phenoxy) is 1. The fourth-order valence-electron chi connectivity index (χ4n) is 5.95. The Hall–Kier alpha value is -3.41. The van der Waals surface area contributed by atoms with Crippen molar-refractivity contribution in [3.05, 3.63) is 66.2 Å². The molecule has 156 valence electrons. The minimum Gasteiger partial charge on any atom is -0.497 e. The average Bonchev–Trinajstić information content (AvgIpc) is 3.57. The molecule has 2 saturated carbocycles. The van der Waals surface area contributed by atoms with Gasteiger partial charge >= 0.3 is 0 Å². The Labute approximate surface area is 179 Å². The molecule has 4 aliphatic carbocycles. The molecule has 2 aromatic rings. The third kappa shape index (κ3) is 2.60. The van der Waals surface area contributed by atoms with Crippen LogP contribution in [0.15, 0.2) is 60.7 Å². The van der Waals surface area contributed by atoms with Gasteiger partial charge in [-0.1, -0.05) is 30.4 Å². The fourth-order valence-corrected chi connectivity index (χ4v) is 5.95. The second-order valence-corrected chi connectivity index (χ2v) is 8.87. The highest BCUT2D eigenvalue weighted by Crippen LogP contribution is 2.65. The molecule has 2 bridgehead atoms. The van der Waals surface area contributed by atoms with Crippen LogP contribution in [-0.2, 0) is 9.59 Å². The monoisotopic (exact) mass is 414 g/mol. The van der Waals surface area contributed by atoms with Crippen molar-refractivity contribution in [3.8, 4) is 5.75 Å². The van der Waals surface area contributed by atoms with E-state index in [4.69, 9.17) is 4.74 Å². The standard InChI is InChI=1S/C25H22N2O4/c1-31-14-6-4-5-13(11-14)26-23(28)17-7-2-3-8-20(17)27-24(29)21-15-9-10-16(19-12-18(15)19)22(21)25(27)30/h2-11,15-16,18-19,21-22H,12H2,1H3,(H,26,28)/t15-,16-,18-,19-,21-,22+/m1/s1. The zero-order valence-corrected chi connectivity index (χ0v) is 17.0. The minimum atomic E-state index is -0.372. The zero-order chi connectivity index (χ0) is 21.3. The van der Waals surface area contributed by atoms with E-state index >= 15 is 0 Å². The SMILES string of the molecule is COc1cccc(NC(=O)c2ccccc2N2C(=O)[C@@H]3[C@@H]4C=C[C@H]([C@H]5C[C@H]45)[C@@H]3C2=O)c1. The van der Waals surface area contributed by atoms with Crippen molar-refractivity contribution in [1.82, 2.24) is 0 Å². The Morgan fingerprint density at radius 3 is 2.32 bits per heavy atom. The first-order valence-corrected chi connectivity index (χ1v) is 10.7. The van der Waals surface area contributed by atoms with E-state index in [-0.39, 0.29) is 41.4 Å². The molecule has 7 rings (SSSR count). The molecule has 0 unspecified atom stereocenters. The first-order chi connectivity index (χ1) is 15.1. The molecule has 2 aromatic carbocycles. The Morgan fingerprint density at radius 2 is 1.65 bits per heavy atom. The maximum atomic E-state index is 13.4. The van der Waals surface area contributed by atoms with Crippen LogP contribution >= 0.6 is 0 Å². The topological polar surface area (TPSA) is 75.7 Å². The van der Waals surface area contributed by atoms with Gasteiger partial charge in [-0.3, -0.25) is 14.4 Å². The predicted molar refractivity (Wildman–Crippen MR) is 115 cm³/mol. The lowest BCUT2D eigenvalue weighted by Gasteiger charge is -2.37. The summed E-state index contributed by atoms with van der Waals surface area (Å²) in [5.74, 6) is 0.728. The first kappa shape index (κ1) is 18.4. The molecule has 6 atom stereocenters. The van der Waals surface area contributed by atoms with E-state index < -0.39 is 0 Å². The van der Waals surface area contributed by atoms with Crippen LogP contribution in [0.4, 0.5) is 11.4 Å². The van der Waals surface area contributed by atoms with Gasteiger partial charge in [0.2, 0.25) is 11.8 Å². The summed E-state index contributed by atoms with van der Waals surface area (Å²) in [5, 5.41) is 2.85. The number of amides is 3. The summed E-state index contributed by atoms with van der Waals surface area (Å²) in [5.41, 5.74) is 1.24. The summed E-state index contributed by atoms with van der Waals surface area (Å²) < 4.78 is 5.21. The molecular formula is C25H22N2O4. The molecule has 6 heteroatoms. The van der Waals surface area contributed by atoms with Crippen molar-refractivity contribution in [2.75, 3.05) is 17.3 Å². The summed E-state index contributed by atoms with van der Waals surface area (Å²) in [7, 11) is 1.56. The number of nitrogens with one attached hydrogen (secondary N) is 1. The van der Waals surface area contributed by atoms with E-state index in [1.54, 1.807) is 55.6 Å². The number of hydrogen-bond acceptors (Lipinski definition) is 4. The molecular weight excluding hydrogens is 392 g/mol. The van der Waals surface area contributed by atoms with Gasteiger partial charge in [-0.15, -0.1) is 0 Å². The molecule has 3 amide bonds. The van der Waals surface area contributed by atoms with Crippen molar-refractivity contribution in [1.29, 1.82) is 0 Å².